The predicted molar refractivity (Wildman–Crippen MR) is 87.7 cm³/mol. The van der Waals surface area contributed by atoms with E-state index < -0.39 is 17.7 Å². The van der Waals surface area contributed by atoms with Gasteiger partial charge in [0.2, 0.25) is 0 Å². The van der Waals surface area contributed by atoms with Gasteiger partial charge in [-0.2, -0.15) is 0 Å². The molecule has 0 saturated carbocycles. The zero-order valence-electron chi connectivity index (χ0n) is 13.1. The molecule has 0 radical (unpaired) electrons. The Morgan fingerprint density at radius 1 is 1.00 bits per heavy atom. The van der Waals surface area contributed by atoms with Crippen molar-refractivity contribution in [3.05, 3.63) is 60.2 Å². The number of ether oxygens (including phenoxy) is 2. The van der Waals surface area contributed by atoms with Crippen molar-refractivity contribution in [2.24, 2.45) is 0 Å². The number of carbonyl (C=O) groups is 2. The van der Waals surface area contributed by atoms with E-state index >= 15 is 0 Å². The Balaban J connectivity index is 2.19. The summed E-state index contributed by atoms with van der Waals surface area (Å²) in [6, 6.07) is 9.73. The Kier molecular flexibility index (Phi) is 6.26. The van der Waals surface area contributed by atoms with E-state index in [4.69, 9.17) is 21.1 Å². The van der Waals surface area contributed by atoms with Crippen molar-refractivity contribution in [2.45, 2.75) is 25.6 Å². The molecule has 2 heterocycles. The van der Waals surface area contributed by atoms with E-state index in [1.54, 1.807) is 31.2 Å². The van der Waals surface area contributed by atoms with Gasteiger partial charge in [0, 0.05) is 31.1 Å². The summed E-state index contributed by atoms with van der Waals surface area (Å²) in [6.07, 6.45) is 3.36. The maximum absolute atomic E-state index is 12.3. The van der Waals surface area contributed by atoms with Crippen LogP contribution in [-0.4, -0.2) is 33.6 Å². The number of hydrogen-bond acceptors (Lipinski definition) is 6. The lowest BCUT2D eigenvalue weighted by Gasteiger charge is -2.31. The Hall–Kier alpha value is -2.47. The fraction of sp³-hybridized carbons (Fsp3) is 0.294. The lowest BCUT2D eigenvalue weighted by molar-refractivity contribution is -0.172. The molecular formula is C17H17ClN2O4. The van der Waals surface area contributed by atoms with Gasteiger partial charge in [0.05, 0.1) is 0 Å². The van der Waals surface area contributed by atoms with Gasteiger partial charge in [-0.15, -0.1) is 11.6 Å². The summed E-state index contributed by atoms with van der Waals surface area (Å²) >= 11 is 5.81. The van der Waals surface area contributed by atoms with Crippen LogP contribution in [0.2, 0.25) is 0 Å². The third-order valence-electron chi connectivity index (χ3n) is 3.32. The molecule has 0 amide bonds. The number of aromatic nitrogens is 2. The van der Waals surface area contributed by atoms with Crippen LogP contribution in [-0.2, 0) is 9.47 Å². The molecule has 24 heavy (non-hydrogen) atoms. The van der Waals surface area contributed by atoms with E-state index in [0.29, 0.717) is 0 Å². The monoisotopic (exact) mass is 348 g/mol. The lowest BCUT2D eigenvalue weighted by atomic mass is 10.1. The minimum Gasteiger partial charge on any atom is -0.418 e. The minimum absolute atomic E-state index is 0.124. The van der Waals surface area contributed by atoms with Crippen molar-refractivity contribution < 1.29 is 19.1 Å². The number of alkyl halides is 1. The third kappa shape index (κ3) is 4.52. The Morgan fingerprint density at radius 2 is 1.50 bits per heavy atom. The van der Waals surface area contributed by atoms with E-state index in [9.17, 15) is 9.59 Å². The van der Waals surface area contributed by atoms with E-state index in [1.165, 1.54) is 24.5 Å². The summed E-state index contributed by atoms with van der Waals surface area (Å²) in [5, 5.41) is 0. The standard InChI is InChI=1S/C17H17ClN2O4/c1-2-17(9-10-18,23-15(21)13-7-3-5-11-19-13)24-16(22)14-8-4-6-12-20-14/h3-8,11-12H,2,9-10H2,1H3. The maximum Gasteiger partial charge on any atom is 0.360 e. The molecule has 2 aromatic rings. The number of nitrogens with zero attached hydrogens (tertiary/aromatic N) is 2. The van der Waals surface area contributed by atoms with Crippen LogP contribution in [0.1, 0.15) is 40.7 Å². The van der Waals surface area contributed by atoms with Gasteiger partial charge < -0.3 is 9.47 Å². The average molecular weight is 349 g/mol. The Morgan fingerprint density at radius 3 is 1.83 bits per heavy atom. The van der Waals surface area contributed by atoms with Crippen molar-refractivity contribution in [2.75, 3.05) is 5.88 Å². The quantitative estimate of drug-likeness (QED) is 0.434. The summed E-state index contributed by atoms with van der Waals surface area (Å²) in [7, 11) is 0. The summed E-state index contributed by atoms with van der Waals surface area (Å²) in [4.78, 5) is 32.4. The fourth-order valence-corrected chi connectivity index (χ4v) is 2.29. The van der Waals surface area contributed by atoms with Crippen molar-refractivity contribution in [3.63, 3.8) is 0 Å². The highest BCUT2D eigenvalue weighted by Gasteiger charge is 2.37. The zero-order chi connectivity index (χ0) is 17.4. The molecule has 0 aromatic carbocycles. The first kappa shape index (κ1) is 17.9. The summed E-state index contributed by atoms with van der Waals surface area (Å²) in [5.74, 6) is -2.68. The second kappa shape index (κ2) is 8.40. The third-order valence-corrected chi connectivity index (χ3v) is 3.51. The number of halogens is 1. The highest BCUT2D eigenvalue weighted by molar-refractivity contribution is 6.17. The van der Waals surface area contributed by atoms with Crippen LogP contribution in [0.3, 0.4) is 0 Å². The van der Waals surface area contributed by atoms with Crippen molar-refractivity contribution in [1.29, 1.82) is 0 Å². The van der Waals surface area contributed by atoms with Gasteiger partial charge in [0.15, 0.2) is 0 Å². The Bertz CT molecular complexity index is 626. The van der Waals surface area contributed by atoms with Crippen LogP contribution in [0.5, 0.6) is 0 Å². The molecular weight excluding hydrogens is 332 g/mol. The molecule has 0 N–H and O–H groups in total. The summed E-state index contributed by atoms with van der Waals surface area (Å²) in [5.41, 5.74) is 0.248. The molecule has 2 rings (SSSR count). The van der Waals surface area contributed by atoms with Gasteiger partial charge >= 0.3 is 11.9 Å². The topological polar surface area (TPSA) is 78.4 Å². The van der Waals surface area contributed by atoms with E-state index in [1.807, 2.05) is 0 Å². The van der Waals surface area contributed by atoms with Crippen molar-refractivity contribution in [1.82, 2.24) is 9.97 Å². The van der Waals surface area contributed by atoms with Crippen LogP contribution < -0.4 is 0 Å². The molecule has 0 spiro atoms. The molecule has 0 unspecified atom stereocenters. The maximum atomic E-state index is 12.3. The van der Waals surface area contributed by atoms with Gasteiger partial charge in [0.25, 0.3) is 5.79 Å². The molecule has 7 heteroatoms. The van der Waals surface area contributed by atoms with Crippen LogP contribution in [0.25, 0.3) is 0 Å². The largest absolute Gasteiger partial charge is 0.418 e. The number of rotatable bonds is 7. The first-order valence-corrected chi connectivity index (χ1v) is 7.98. The molecule has 126 valence electrons. The molecule has 0 atom stereocenters. The van der Waals surface area contributed by atoms with Crippen LogP contribution in [0.4, 0.5) is 0 Å². The van der Waals surface area contributed by atoms with Crippen LogP contribution in [0, 0.1) is 0 Å². The fourth-order valence-electron chi connectivity index (χ4n) is 2.00. The second-order valence-electron chi connectivity index (χ2n) is 4.91. The predicted octanol–water partition coefficient (Wildman–Crippen LogP) is 3.23. The molecule has 6 nitrogen and oxygen atoms in total. The number of pyridine rings is 2. The van der Waals surface area contributed by atoms with E-state index in [2.05, 4.69) is 9.97 Å². The molecule has 0 fully saturated rings. The first-order valence-electron chi connectivity index (χ1n) is 7.45. The first-order chi connectivity index (χ1) is 11.6. The van der Waals surface area contributed by atoms with E-state index in [-0.39, 0.29) is 30.1 Å². The summed E-state index contributed by atoms with van der Waals surface area (Å²) in [6.45, 7) is 1.74. The molecule has 0 bridgehead atoms. The number of hydrogen-bond donors (Lipinski definition) is 0. The molecule has 0 aliphatic heterocycles. The van der Waals surface area contributed by atoms with Gasteiger partial charge in [-0.05, 0) is 24.3 Å². The molecule has 0 saturated heterocycles. The average Bonchev–Trinajstić information content (AvgIpc) is 2.63. The van der Waals surface area contributed by atoms with Crippen LogP contribution >= 0.6 is 11.6 Å². The van der Waals surface area contributed by atoms with Gasteiger partial charge in [0.1, 0.15) is 11.4 Å². The van der Waals surface area contributed by atoms with Gasteiger partial charge in [-0.25, -0.2) is 19.6 Å². The minimum atomic E-state index is -1.47. The molecule has 2 aromatic heterocycles. The number of esters is 2. The van der Waals surface area contributed by atoms with Crippen molar-refractivity contribution in [3.8, 4) is 0 Å². The smallest absolute Gasteiger partial charge is 0.360 e. The van der Waals surface area contributed by atoms with E-state index in [0.717, 1.165) is 0 Å². The van der Waals surface area contributed by atoms with Gasteiger partial charge in [-0.3, -0.25) is 0 Å². The normalized spacial score (nSPS) is 10.9. The lowest BCUT2D eigenvalue weighted by Crippen LogP contribution is -2.40. The van der Waals surface area contributed by atoms with Gasteiger partial charge in [-0.1, -0.05) is 19.1 Å². The zero-order valence-corrected chi connectivity index (χ0v) is 13.9. The highest BCUT2D eigenvalue weighted by atomic mass is 35.5. The van der Waals surface area contributed by atoms with Crippen molar-refractivity contribution >= 4 is 23.5 Å². The van der Waals surface area contributed by atoms with Crippen LogP contribution in [0.15, 0.2) is 48.8 Å². The molecule has 0 aliphatic rings. The summed E-state index contributed by atoms with van der Waals surface area (Å²) < 4.78 is 10.9. The SMILES string of the molecule is CCC(CCCl)(OC(=O)c1ccccn1)OC(=O)c1ccccn1. The molecule has 0 aliphatic carbocycles. The second-order valence-corrected chi connectivity index (χ2v) is 5.29. The highest BCUT2D eigenvalue weighted by Crippen LogP contribution is 2.26. The Labute approximate surface area is 144 Å². The number of carbonyl (C=O) groups excluding carboxylic acids is 2.